The molecule has 1 unspecified atom stereocenters. The van der Waals surface area contributed by atoms with E-state index in [2.05, 4.69) is 51.7 Å². The normalized spacial score (nSPS) is 16.8. The van der Waals surface area contributed by atoms with E-state index in [1.54, 1.807) is 19.0 Å². The van der Waals surface area contributed by atoms with Gasteiger partial charge in [0.1, 0.15) is 6.54 Å². The molecule has 0 aromatic heterocycles. The number of aliphatic imine (C=N–C) groups is 1. The fraction of sp³-hybridized carbons (Fsp3) is 0.579. The van der Waals surface area contributed by atoms with Crippen molar-refractivity contribution in [1.29, 1.82) is 0 Å². The van der Waals surface area contributed by atoms with E-state index in [0.717, 1.165) is 44.9 Å². The van der Waals surface area contributed by atoms with Crippen LogP contribution in [-0.2, 0) is 4.79 Å². The first kappa shape index (κ1) is 22.5. The lowest BCUT2D eigenvalue weighted by Gasteiger charge is -2.20. The Labute approximate surface area is 174 Å². The molecule has 1 aromatic carbocycles. The molecule has 1 fully saturated rings. The molecule has 1 saturated heterocycles. The van der Waals surface area contributed by atoms with Crippen molar-refractivity contribution in [2.75, 3.05) is 45.2 Å². The van der Waals surface area contributed by atoms with Crippen LogP contribution >= 0.6 is 24.0 Å². The Hall–Kier alpha value is -1.51. The van der Waals surface area contributed by atoms with Crippen molar-refractivity contribution in [1.82, 2.24) is 15.5 Å². The smallest absolute Gasteiger partial charge is 0.243 e. The number of rotatable bonds is 7. The fourth-order valence-corrected chi connectivity index (χ4v) is 2.77. The number of nitrogens with zero attached hydrogens (tertiary/aromatic N) is 3. The SMILES string of the molecule is CCCCNC(=NCC(=O)N(C)C)NC1CCN(c2ccccc2)C1.I. The summed E-state index contributed by atoms with van der Waals surface area (Å²) in [5, 5.41) is 6.84. The first-order valence-corrected chi connectivity index (χ1v) is 9.15. The molecule has 6 nitrogen and oxygen atoms in total. The Morgan fingerprint density at radius 1 is 1.31 bits per heavy atom. The number of amides is 1. The third kappa shape index (κ3) is 7.39. The van der Waals surface area contributed by atoms with E-state index in [1.165, 1.54) is 5.69 Å². The van der Waals surface area contributed by atoms with Gasteiger partial charge in [0.25, 0.3) is 0 Å². The number of para-hydroxylation sites is 1. The van der Waals surface area contributed by atoms with Crippen LogP contribution in [0.4, 0.5) is 5.69 Å². The van der Waals surface area contributed by atoms with Gasteiger partial charge in [0.2, 0.25) is 5.91 Å². The van der Waals surface area contributed by atoms with E-state index in [0.29, 0.717) is 6.04 Å². The van der Waals surface area contributed by atoms with Crippen LogP contribution in [-0.4, -0.2) is 63.1 Å². The highest BCUT2D eigenvalue weighted by Crippen LogP contribution is 2.19. The molecule has 0 radical (unpaired) electrons. The minimum Gasteiger partial charge on any atom is -0.369 e. The minimum atomic E-state index is 0. The van der Waals surface area contributed by atoms with Gasteiger partial charge in [-0.1, -0.05) is 31.5 Å². The van der Waals surface area contributed by atoms with Gasteiger partial charge in [0.05, 0.1) is 0 Å². The van der Waals surface area contributed by atoms with E-state index in [9.17, 15) is 4.79 Å². The van der Waals surface area contributed by atoms with Gasteiger partial charge in [-0.05, 0) is 25.0 Å². The summed E-state index contributed by atoms with van der Waals surface area (Å²) in [5.41, 5.74) is 1.26. The van der Waals surface area contributed by atoms with Crippen molar-refractivity contribution in [3.8, 4) is 0 Å². The number of carbonyl (C=O) groups is 1. The van der Waals surface area contributed by atoms with Gasteiger partial charge in [0.15, 0.2) is 5.96 Å². The number of likely N-dealkylation sites (N-methyl/N-ethyl adjacent to an activating group) is 1. The summed E-state index contributed by atoms with van der Waals surface area (Å²) in [5.74, 6) is 0.748. The van der Waals surface area contributed by atoms with Crippen molar-refractivity contribution < 1.29 is 4.79 Å². The Morgan fingerprint density at radius 2 is 2.04 bits per heavy atom. The van der Waals surface area contributed by atoms with E-state index < -0.39 is 0 Å². The molecule has 0 aliphatic carbocycles. The van der Waals surface area contributed by atoms with Crippen LogP contribution in [0.2, 0.25) is 0 Å². The molecule has 1 aliphatic heterocycles. The number of anilines is 1. The van der Waals surface area contributed by atoms with Crippen LogP contribution in [0.5, 0.6) is 0 Å². The quantitative estimate of drug-likeness (QED) is 0.276. The van der Waals surface area contributed by atoms with Gasteiger partial charge in [-0.15, -0.1) is 24.0 Å². The van der Waals surface area contributed by atoms with Crippen LogP contribution in [0, 0.1) is 0 Å². The van der Waals surface area contributed by atoms with Crippen molar-refractivity contribution in [3.63, 3.8) is 0 Å². The largest absolute Gasteiger partial charge is 0.369 e. The van der Waals surface area contributed by atoms with Crippen molar-refractivity contribution in [2.24, 2.45) is 4.99 Å². The van der Waals surface area contributed by atoms with Gasteiger partial charge in [-0.3, -0.25) is 4.79 Å². The van der Waals surface area contributed by atoms with E-state index >= 15 is 0 Å². The molecule has 2 rings (SSSR count). The van der Waals surface area contributed by atoms with E-state index in [4.69, 9.17) is 0 Å². The third-order valence-corrected chi connectivity index (χ3v) is 4.34. The molecule has 1 amide bonds. The zero-order chi connectivity index (χ0) is 18.1. The first-order valence-electron chi connectivity index (χ1n) is 9.15. The monoisotopic (exact) mass is 473 g/mol. The highest BCUT2D eigenvalue weighted by atomic mass is 127. The lowest BCUT2D eigenvalue weighted by molar-refractivity contribution is -0.127. The summed E-state index contributed by atoms with van der Waals surface area (Å²) in [4.78, 5) is 20.2. The Bertz CT molecular complexity index is 564. The molecule has 0 saturated carbocycles. The summed E-state index contributed by atoms with van der Waals surface area (Å²) < 4.78 is 0. The number of carbonyl (C=O) groups excluding carboxylic acids is 1. The molecule has 1 aromatic rings. The lowest BCUT2D eigenvalue weighted by Crippen LogP contribution is -2.45. The molecule has 26 heavy (non-hydrogen) atoms. The van der Waals surface area contributed by atoms with Gasteiger partial charge >= 0.3 is 0 Å². The van der Waals surface area contributed by atoms with Crippen LogP contribution < -0.4 is 15.5 Å². The van der Waals surface area contributed by atoms with Crippen LogP contribution in [0.1, 0.15) is 26.2 Å². The second-order valence-corrected chi connectivity index (χ2v) is 6.64. The molecule has 1 heterocycles. The van der Waals surface area contributed by atoms with Gasteiger partial charge in [-0.25, -0.2) is 4.99 Å². The molecular weight excluding hydrogens is 441 g/mol. The molecule has 1 aliphatic rings. The number of benzene rings is 1. The predicted octanol–water partition coefficient (Wildman–Crippen LogP) is 2.31. The average molecular weight is 473 g/mol. The number of halogens is 1. The average Bonchev–Trinajstić information content (AvgIpc) is 3.08. The predicted molar refractivity (Wildman–Crippen MR) is 120 cm³/mol. The zero-order valence-corrected chi connectivity index (χ0v) is 18.4. The zero-order valence-electron chi connectivity index (χ0n) is 16.1. The van der Waals surface area contributed by atoms with E-state index in [-0.39, 0.29) is 36.4 Å². The maximum atomic E-state index is 11.8. The highest BCUT2D eigenvalue weighted by molar-refractivity contribution is 14.0. The van der Waals surface area contributed by atoms with Gasteiger partial charge < -0.3 is 20.4 Å². The molecular formula is C19H32IN5O. The highest BCUT2D eigenvalue weighted by Gasteiger charge is 2.23. The minimum absolute atomic E-state index is 0. The Balaban J connectivity index is 0.00000338. The summed E-state index contributed by atoms with van der Waals surface area (Å²) in [7, 11) is 3.51. The Kier molecular flexibility index (Phi) is 10.4. The number of guanidine groups is 1. The van der Waals surface area contributed by atoms with Crippen LogP contribution in [0.15, 0.2) is 35.3 Å². The number of unbranched alkanes of at least 4 members (excludes halogenated alkanes) is 1. The number of hydrogen-bond acceptors (Lipinski definition) is 3. The van der Waals surface area contributed by atoms with Gasteiger partial charge in [-0.2, -0.15) is 0 Å². The molecule has 2 N–H and O–H groups in total. The van der Waals surface area contributed by atoms with Crippen molar-refractivity contribution in [2.45, 2.75) is 32.2 Å². The summed E-state index contributed by atoms with van der Waals surface area (Å²) in [6, 6.07) is 10.8. The third-order valence-electron chi connectivity index (χ3n) is 4.34. The molecule has 7 heteroatoms. The van der Waals surface area contributed by atoms with Crippen molar-refractivity contribution >= 4 is 41.5 Å². The molecule has 0 bridgehead atoms. The van der Waals surface area contributed by atoms with Crippen LogP contribution in [0.25, 0.3) is 0 Å². The number of nitrogens with one attached hydrogen (secondary N) is 2. The first-order chi connectivity index (χ1) is 12.1. The summed E-state index contributed by atoms with van der Waals surface area (Å²) >= 11 is 0. The topological polar surface area (TPSA) is 60.0 Å². The number of hydrogen-bond donors (Lipinski definition) is 2. The second kappa shape index (κ2) is 12.0. The molecule has 0 spiro atoms. The molecule has 1 atom stereocenters. The Morgan fingerprint density at radius 3 is 2.69 bits per heavy atom. The summed E-state index contributed by atoms with van der Waals surface area (Å²) in [6.45, 7) is 5.17. The summed E-state index contributed by atoms with van der Waals surface area (Å²) in [6.07, 6.45) is 3.27. The van der Waals surface area contributed by atoms with Crippen molar-refractivity contribution in [3.05, 3.63) is 30.3 Å². The fourth-order valence-electron chi connectivity index (χ4n) is 2.77. The van der Waals surface area contributed by atoms with E-state index in [1.807, 2.05) is 6.07 Å². The van der Waals surface area contributed by atoms with Crippen LogP contribution in [0.3, 0.4) is 0 Å². The molecule has 146 valence electrons. The maximum absolute atomic E-state index is 11.8. The standard InChI is InChI=1S/C19H31N5O.HI/c1-4-5-12-20-19(21-14-18(25)23(2)3)22-16-11-13-24(15-16)17-9-7-6-8-10-17;/h6-10,16H,4-5,11-15H2,1-3H3,(H2,20,21,22);1H. The lowest BCUT2D eigenvalue weighted by atomic mass is 10.2. The van der Waals surface area contributed by atoms with Gasteiger partial charge in [0, 0.05) is 45.5 Å². The second-order valence-electron chi connectivity index (χ2n) is 6.64. The maximum Gasteiger partial charge on any atom is 0.243 e.